The van der Waals surface area contributed by atoms with Crippen molar-refractivity contribution in [2.45, 2.75) is 19.0 Å². The summed E-state index contributed by atoms with van der Waals surface area (Å²) in [5, 5.41) is 9.12. The van der Waals surface area contributed by atoms with Gasteiger partial charge in [-0.1, -0.05) is 11.8 Å². The van der Waals surface area contributed by atoms with E-state index in [2.05, 4.69) is 15.2 Å². The molecule has 0 radical (unpaired) electrons. The summed E-state index contributed by atoms with van der Waals surface area (Å²) in [7, 11) is 3.87. The van der Waals surface area contributed by atoms with E-state index in [-0.39, 0.29) is 5.78 Å². The van der Waals surface area contributed by atoms with Crippen molar-refractivity contribution in [2.75, 3.05) is 5.75 Å². The summed E-state index contributed by atoms with van der Waals surface area (Å²) in [6.07, 6.45) is 3.47. The molecule has 0 N–H and O–H groups in total. The Kier molecular flexibility index (Phi) is 4.53. The standard InChI is InChI=1S/C17H19N5OS/c1-11-8-14(12(2)21(11)3)15(23)10-24-17-20-19-16(22(17)4)13-6-5-7-18-9-13/h5-9H,10H2,1-4H3. The van der Waals surface area contributed by atoms with E-state index >= 15 is 0 Å². The van der Waals surface area contributed by atoms with Crippen molar-refractivity contribution in [3.63, 3.8) is 0 Å². The Hall–Kier alpha value is -2.41. The van der Waals surface area contributed by atoms with Crippen LogP contribution in [0, 0.1) is 13.8 Å². The molecule has 0 bridgehead atoms. The molecule has 24 heavy (non-hydrogen) atoms. The predicted molar refractivity (Wildman–Crippen MR) is 94.2 cm³/mol. The van der Waals surface area contributed by atoms with Gasteiger partial charge in [0.15, 0.2) is 16.8 Å². The second-order valence-corrected chi connectivity index (χ2v) is 6.61. The van der Waals surface area contributed by atoms with E-state index in [0.717, 1.165) is 28.3 Å². The van der Waals surface area contributed by atoms with Crippen molar-refractivity contribution in [3.05, 3.63) is 47.5 Å². The average molecular weight is 341 g/mol. The molecule has 0 aromatic carbocycles. The van der Waals surface area contributed by atoms with Crippen LogP contribution in [0.3, 0.4) is 0 Å². The van der Waals surface area contributed by atoms with Gasteiger partial charge in [0.1, 0.15) is 0 Å². The number of hydrogen-bond donors (Lipinski definition) is 0. The van der Waals surface area contributed by atoms with Gasteiger partial charge in [0, 0.05) is 49.0 Å². The molecule has 3 heterocycles. The maximum atomic E-state index is 12.5. The molecule has 7 heteroatoms. The molecule has 0 amide bonds. The number of pyridine rings is 1. The van der Waals surface area contributed by atoms with Gasteiger partial charge >= 0.3 is 0 Å². The Labute approximate surface area is 144 Å². The van der Waals surface area contributed by atoms with Crippen molar-refractivity contribution in [1.29, 1.82) is 0 Å². The highest BCUT2D eigenvalue weighted by molar-refractivity contribution is 7.99. The highest BCUT2D eigenvalue weighted by atomic mass is 32.2. The van der Waals surface area contributed by atoms with Crippen LogP contribution in [-0.2, 0) is 14.1 Å². The van der Waals surface area contributed by atoms with Gasteiger partial charge in [0.25, 0.3) is 0 Å². The normalized spacial score (nSPS) is 11.0. The van der Waals surface area contributed by atoms with Crippen LogP contribution in [0.1, 0.15) is 21.7 Å². The van der Waals surface area contributed by atoms with Gasteiger partial charge < -0.3 is 9.13 Å². The van der Waals surface area contributed by atoms with Crippen LogP contribution < -0.4 is 0 Å². The second kappa shape index (κ2) is 6.60. The lowest BCUT2D eigenvalue weighted by molar-refractivity contribution is 0.102. The van der Waals surface area contributed by atoms with Crippen LogP contribution in [0.25, 0.3) is 11.4 Å². The van der Waals surface area contributed by atoms with E-state index < -0.39 is 0 Å². The van der Waals surface area contributed by atoms with Gasteiger partial charge in [-0.05, 0) is 32.0 Å². The number of rotatable bonds is 5. The quantitative estimate of drug-likeness (QED) is 0.527. The molecule has 3 aromatic rings. The molecule has 0 aliphatic rings. The van der Waals surface area contributed by atoms with E-state index in [9.17, 15) is 4.79 Å². The number of aryl methyl sites for hydroxylation is 1. The highest BCUT2D eigenvalue weighted by Crippen LogP contribution is 2.23. The van der Waals surface area contributed by atoms with Crippen LogP contribution in [0.2, 0.25) is 0 Å². The van der Waals surface area contributed by atoms with Crippen LogP contribution in [0.5, 0.6) is 0 Å². The Morgan fingerprint density at radius 3 is 2.62 bits per heavy atom. The smallest absolute Gasteiger partial charge is 0.191 e. The summed E-state index contributed by atoms with van der Waals surface area (Å²) in [6, 6.07) is 5.74. The second-order valence-electron chi connectivity index (χ2n) is 5.66. The third kappa shape index (κ3) is 2.99. The molecule has 6 nitrogen and oxygen atoms in total. The van der Waals surface area contributed by atoms with Gasteiger partial charge in [-0.25, -0.2) is 0 Å². The van der Waals surface area contributed by atoms with Crippen LogP contribution >= 0.6 is 11.8 Å². The van der Waals surface area contributed by atoms with Gasteiger partial charge in [0.2, 0.25) is 0 Å². The molecule has 0 aliphatic carbocycles. The van der Waals surface area contributed by atoms with Crippen molar-refractivity contribution < 1.29 is 4.79 Å². The van der Waals surface area contributed by atoms with E-state index in [1.165, 1.54) is 11.8 Å². The van der Waals surface area contributed by atoms with Gasteiger partial charge in [-0.2, -0.15) is 0 Å². The SMILES string of the molecule is Cc1cc(C(=O)CSc2nnc(-c3cccnc3)n2C)c(C)n1C. The van der Waals surface area contributed by atoms with Crippen molar-refractivity contribution in [2.24, 2.45) is 14.1 Å². The molecular formula is C17H19N5OS. The lowest BCUT2D eigenvalue weighted by atomic mass is 10.2. The van der Waals surface area contributed by atoms with Crippen LogP contribution in [0.4, 0.5) is 0 Å². The fourth-order valence-corrected chi connectivity index (χ4v) is 3.33. The van der Waals surface area contributed by atoms with Crippen molar-refractivity contribution >= 4 is 17.5 Å². The Morgan fingerprint density at radius 1 is 1.21 bits per heavy atom. The molecule has 0 saturated heterocycles. The van der Waals surface area contributed by atoms with Crippen molar-refractivity contribution in [3.8, 4) is 11.4 Å². The summed E-state index contributed by atoms with van der Waals surface area (Å²) in [5.74, 6) is 1.18. The zero-order valence-corrected chi connectivity index (χ0v) is 15.0. The monoisotopic (exact) mass is 341 g/mol. The predicted octanol–water partition coefficient (Wildman–Crippen LogP) is 2.81. The third-order valence-electron chi connectivity index (χ3n) is 4.16. The van der Waals surface area contributed by atoms with Crippen LogP contribution in [-0.4, -0.2) is 35.9 Å². The third-order valence-corrected chi connectivity index (χ3v) is 5.18. The molecule has 3 rings (SSSR count). The minimum absolute atomic E-state index is 0.104. The molecule has 0 aliphatic heterocycles. The molecule has 0 saturated carbocycles. The van der Waals surface area contributed by atoms with E-state index in [1.54, 1.807) is 12.4 Å². The minimum atomic E-state index is 0.104. The molecule has 3 aromatic heterocycles. The average Bonchev–Trinajstić information content (AvgIpc) is 3.08. The number of ketones is 1. The molecule has 0 unspecified atom stereocenters. The van der Waals surface area contributed by atoms with Crippen molar-refractivity contribution in [1.82, 2.24) is 24.3 Å². The molecule has 0 spiro atoms. The lowest BCUT2D eigenvalue weighted by Crippen LogP contribution is -2.05. The number of carbonyl (C=O) groups is 1. The maximum Gasteiger partial charge on any atom is 0.191 e. The summed E-state index contributed by atoms with van der Waals surface area (Å²) in [6.45, 7) is 3.97. The first-order valence-corrected chi connectivity index (χ1v) is 8.56. The van der Waals surface area contributed by atoms with Crippen LogP contribution in [0.15, 0.2) is 35.7 Å². The molecule has 0 atom stereocenters. The fraction of sp³-hybridized carbons (Fsp3) is 0.294. The summed E-state index contributed by atoms with van der Waals surface area (Å²) in [5.41, 5.74) is 3.75. The zero-order chi connectivity index (χ0) is 17.3. The number of hydrogen-bond acceptors (Lipinski definition) is 5. The van der Waals surface area contributed by atoms with E-state index in [4.69, 9.17) is 0 Å². The van der Waals surface area contributed by atoms with Gasteiger partial charge in [-0.3, -0.25) is 9.78 Å². The first-order chi connectivity index (χ1) is 11.5. The van der Waals surface area contributed by atoms with E-state index in [1.807, 2.05) is 55.3 Å². The topological polar surface area (TPSA) is 65.6 Å². The van der Waals surface area contributed by atoms with E-state index in [0.29, 0.717) is 10.9 Å². The summed E-state index contributed by atoms with van der Waals surface area (Å²) in [4.78, 5) is 16.6. The molecular weight excluding hydrogens is 322 g/mol. The molecule has 124 valence electrons. The summed E-state index contributed by atoms with van der Waals surface area (Å²) >= 11 is 1.40. The minimum Gasteiger partial charge on any atom is -0.351 e. The summed E-state index contributed by atoms with van der Waals surface area (Å²) < 4.78 is 3.92. The zero-order valence-electron chi connectivity index (χ0n) is 14.1. The number of aromatic nitrogens is 5. The fourth-order valence-electron chi connectivity index (χ4n) is 2.53. The largest absolute Gasteiger partial charge is 0.351 e. The first-order valence-electron chi connectivity index (χ1n) is 7.57. The molecule has 0 fully saturated rings. The Balaban J connectivity index is 1.75. The maximum absolute atomic E-state index is 12.5. The number of thioether (sulfide) groups is 1. The lowest BCUT2D eigenvalue weighted by Gasteiger charge is -2.04. The Bertz CT molecular complexity index is 882. The Morgan fingerprint density at radius 2 is 2.00 bits per heavy atom. The number of Topliss-reactive ketones (excluding diaryl/α,β-unsaturated/α-hetero) is 1. The number of carbonyl (C=O) groups excluding carboxylic acids is 1. The highest BCUT2D eigenvalue weighted by Gasteiger charge is 2.17. The first kappa shape index (κ1) is 16.4. The number of nitrogens with zero attached hydrogens (tertiary/aromatic N) is 5. The van der Waals surface area contributed by atoms with Gasteiger partial charge in [-0.15, -0.1) is 10.2 Å². The van der Waals surface area contributed by atoms with Gasteiger partial charge in [0.05, 0.1) is 5.75 Å².